The van der Waals surface area contributed by atoms with Crippen LogP contribution in [0.4, 0.5) is 10.6 Å². The van der Waals surface area contributed by atoms with E-state index in [-0.39, 0.29) is 12.1 Å². The van der Waals surface area contributed by atoms with Gasteiger partial charge in [0.25, 0.3) is 5.91 Å². The van der Waals surface area contributed by atoms with Gasteiger partial charge in [0.2, 0.25) is 0 Å². The molecule has 8 nitrogen and oxygen atoms in total. The van der Waals surface area contributed by atoms with Gasteiger partial charge in [0, 0.05) is 39.0 Å². The Morgan fingerprint density at radius 2 is 2.09 bits per heavy atom. The first-order valence-corrected chi connectivity index (χ1v) is 7.78. The Morgan fingerprint density at radius 1 is 1.30 bits per heavy atom. The van der Waals surface area contributed by atoms with Crippen molar-refractivity contribution in [2.75, 3.05) is 44.3 Å². The molecule has 0 unspecified atom stereocenters. The summed E-state index contributed by atoms with van der Waals surface area (Å²) in [6, 6.07) is 3.41. The number of piperazine rings is 1. The van der Waals surface area contributed by atoms with Crippen molar-refractivity contribution in [2.45, 2.75) is 12.5 Å². The number of nitrogens with two attached hydrogens (primary N) is 1. The van der Waals surface area contributed by atoms with E-state index in [1.807, 2.05) is 4.90 Å². The van der Waals surface area contributed by atoms with Crippen LogP contribution in [0.2, 0.25) is 0 Å². The van der Waals surface area contributed by atoms with Crippen LogP contribution in [-0.2, 0) is 4.74 Å². The molecule has 3 amide bonds. The number of primary amides is 1. The molecule has 1 aromatic heterocycles. The SMILES string of the molecule is NC(=O)c1cccnc1N1CCN(C(=O)N[C@@H]2CCOC2)CC1. The van der Waals surface area contributed by atoms with E-state index in [2.05, 4.69) is 10.3 Å². The van der Waals surface area contributed by atoms with Crippen LogP contribution in [0.1, 0.15) is 16.8 Å². The van der Waals surface area contributed by atoms with E-state index >= 15 is 0 Å². The van der Waals surface area contributed by atoms with Crippen molar-refractivity contribution in [3.63, 3.8) is 0 Å². The lowest BCUT2D eigenvalue weighted by Crippen LogP contribution is -2.54. The maximum atomic E-state index is 12.2. The highest BCUT2D eigenvalue weighted by Crippen LogP contribution is 2.18. The molecule has 2 aliphatic rings. The predicted octanol–water partition coefficient (Wildman–Crippen LogP) is -0.199. The van der Waals surface area contributed by atoms with E-state index in [0.717, 1.165) is 6.42 Å². The van der Waals surface area contributed by atoms with Gasteiger partial charge in [0.05, 0.1) is 18.2 Å². The van der Waals surface area contributed by atoms with Crippen LogP contribution in [0.3, 0.4) is 0 Å². The maximum Gasteiger partial charge on any atom is 0.317 e. The van der Waals surface area contributed by atoms with Crippen molar-refractivity contribution in [3.05, 3.63) is 23.9 Å². The van der Waals surface area contributed by atoms with Crippen LogP contribution in [0.25, 0.3) is 0 Å². The van der Waals surface area contributed by atoms with Gasteiger partial charge in [-0.15, -0.1) is 0 Å². The molecule has 3 heterocycles. The van der Waals surface area contributed by atoms with Gasteiger partial charge in [-0.3, -0.25) is 4.79 Å². The molecule has 0 radical (unpaired) electrons. The van der Waals surface area contributed by atoms with E-state index in [4.69, 9.17) is 10.5 Å². The summed E-state index contributed by atoms with van der Waals surface area (Å²) >= 11 is 0. The number of ether oxygens (including phenoxy) is 1. The number of aromatic nitrogens is 1. The molecule has 2 fully saturated rings. The fraction of sp³-hybridized carbons (Fsp3) is 0.533. The molecular formula is C15H21N5O3. The molecule has 1 aromatic rings. The van der Waals surface area contributed by atoms with Gasteiger partial charge < -0.3 is 25.6 Å². The molecule has 1 atom stereocenters. The van der Waals surface area contributed by atoms with Gasteiger partial charge in [-0.05, 0) is 18.6 Å². The number of hydrogen-bond donors (Lipinski definition) is 2. The van der Waals surface area contributed by atoms with Crippen molar-refractivity contribution in [2.24, 2.45) is 5.73 Å². The lowest BCUT2D eigenvalue weighted by molar-refractivity contribution is 0.1000. The Morgan fingerprint density at radius 3 is 2.74 bits per heavy atom. The van der Waals surface area contributed by atoms with Gasteiger partial charge in [-0.1, -0.05) is 0 Å². The summed E-state index contributed by atoms with van der Waals surface area (Å²) in [6.07, 6.45) is 2.50. The number of carbonyl (C=O) groups is 2. The first kappa shape index (κ1) is 15.5. The summed E-state index contributed by atoms with van der Waals surface area (Å²) in [5, 5.41) is 2.99. The summed E-state index contributed by atoms with van der Waals surface area (Å²) in [5.74, 6) is 0.0961. The number of pyridine rings is 1. The largest absolute Gasteiger partial charge is 0.379 e. The number of nitrogens with one attached hydrogen (secondary N) is 1. The molecule has 0 saturated carbocycles. The summed E-state index contributed by atoms with van der Waals surface area (Å²) in [6.45, 7) is 3.68. The number of rotatable bonds is 3. The molecule has 0 aromatic carbocycles. The molecule has 3 rings (SSSR count). The molecule has 3 N–H and O–H groups in total. The van der Waals surface area contributed by atoms with Crippen molar-refractivity contribution >= 4 is 17.8 Å². The molecule has 0 spiro atoms. The molecule has 0 bridgehead atoms. The fourth-order valence-electron chi connectivity index (χ4n) is 2.88. The van der Waals surface area contributed by atoms with Crippen molar-refractivity contribution in [1.29, 1.82) is 0 Å². The first-order chi connectivity index (χ1) is 11.1. The molecule has 0 aliphatic carbocycles. The minimum atomic E-state index is -0.491. The quantitative estimate of drug-likeness (QED) is 0.803. The Bertz CT molecular complexity index is 580. The van der Waals surface area contributed by atoms with Crippen LogP contribution in [-0.4, -0.2) is 67.3 Å². The van der Waals surface area contributed by atoms with Crippen LogP contribution in [0.15, 0.2) is 18.3 Å². The van der Waals surface area contributed by atoms with E-state index in [1.54, 1.807) is 23.2 Å². The number of urea groups is 1. The van der Waals surface area contributed by atoms with Gasteiger partial charge in [0.1, 0.15) is 5.82 Å². The minimum Gasteiger partial charge on any atom is -0.379 e. The predicted molar refractivity (Wildman–Crippen MR) is 84.3 cm³/mol. The number of anilines is 1. The first-order valence-electron chi connectivity index (χ1n) is 7.78. The average Bonchev–Trinajstić information content (AvgIpc) is 3.08. The topological polar surface area (TPSA) is 101 Å². The van der Waals surface area contributed by atoms with E-state index in [1.165, 1.54) is 0 Å². The smallest absolute Gasteiger partial charge is 0.317 e. The third kappa shape index (κ3) is 3.53. The standard InChI is InChI=1S/C15H21N5O3/c16-13(21)12-2-1-4-17-14(12)19-5-7-20(8-6-19)15(22)18-11-3-9-23-10-11/h1-2,4,11H,3,5-10H2,(H2,16,21)(H,18,22)/t11-/m1/s1. The Labute approximate surface area is 134 Å². The van der Waals surface area contributed by atoms with Gasteiger partial charge >= 0.3 is 6.03 Å². The van der Waals surface area contributed by atoms with Crippen LogP contribution in [0.5, 0.6) is 0 Å². The molecule has 124 valence electrons. The highest BCUT2D eigenvalue weighted by atomic mass is 16.5. The van der Waals surface area contributed by atoms with Crippen LogP contribution >= 0.6 is 0 Å². The zero-order valence-electron chi connectivity index (χ0n) is 12.9. The normalized spacial score (nSPS) is 21.3. The minimum absolute atomic E-state index is 0.0590. The van der Waals surface area contributed by atoms with Crippen molar-refractivity contribution < 1.29 is 14.3 Å². The second kappa shape index (κ2) is 6.82. The van der Waals surface area contributed by atoms with Gasteiger partial charge in [-0.25, -0.2) is 9.78 Å². The third-order valence-electron chi connectivity index (χ3n) is 4.18. The molecule has 2 aliphatic heterocycles. The van der Waals surface area contributed by atoms with Crippen molar-refractivity contribution in [1.82, 2.24) is 15.2 Å². The molecule has 23 heavy (non-hydrogen) atoms. The highest BCUT2D eigenvalue weighted by Gasteiger charge is 2.26. The van der Waals surface area contributed by atoms with E-state index < -0.39 is 5.91 Å². The average molecular weight is 319 g/mol. The lowest BCUT2D eigenvalue weighted by atomic mass is 10.2. The monoisotopic (exact) mass is 319 g/mol. The van der Waals surface area contributed by atoms with E-state index in [0.29, 0.717) is 50.8 Å². The Kier molecular flexibility index (Phi) is 4.61. The number of carbonyl (C=O) groups excluding carboxylic acids is 2. The summed E-state index contributed by atoms with van der Waals surface area (Å²) in [5.41, 5.74) is 5.81. The second-order valence-corrected chi connectivity index (χ2v) is 5.72. The zero-order valence-corrected chi connectivity index (χ0v) is 12.9. The third-order valence-corrected chi connectivity index (χ3v) is 4.18. The zero-order chi connectivity index (χ0) is 16.2. The van der Waals surface area contributed by atoms with Gasteiger partial charge in [-0.2, -0.15) is 0 Å². The Balaban J connectivity index is 1.58. The molecular weight excluding hydrogens is 298 g/mol. The van der Waals surface area contributed by atoms with Crippen molar-refractivity contribution in [3.8, 4) is 0 Å². The van der Waals surface area contributed by atoms with Crippen LogP contribution in [0, 0.1) is 0 Å². The van der Waals surface area contributed by atoms with Crippen LogP contribution < -0.4 is 16.0 Å². The highest BCUT2D eigenvalue weighted by molar-refractivity contribution is 5.97. The Hall–Kier alpha value is -2.35. The molecule has 8 heteroatoms. The van der Waals surface area contributed by atoms with Gasteiger partial charge in [0.15, 0.2) is 0 Å². The lowest BCUT2D eigenvalue weighted by Gasteiger charge is -2.36. The summed E-state index contributed by atoms with van der Waals surface area (Å²) < 4.78 is 5.26. The number of nitrogens with zero attached hydrogens (tertiary/aromatic N) is 3. The fourth-order valence-corrected chi connectivity index (χ4v) is 2.88. The summed E-state index contributed by atoms with van der Waals surface area (Å²) in [7, 11) is 0. The second-order valence-electron chi connectivity index (χ2n) is 5.72. The number of hydrogen-bond acceptors (Lipinski definition) is 5. The molecule has 2 saturated heterocycles. The number of amides is 3. The van der Waals surface area contributed by atoms with E-state index in [9.17, 15) is 9.59 Å². The summed E-state index contributed by atoms with van der Waals surface area (Å²) in [4.78, 5) is 31.8. The maximum absolute atomic E-state index is 12.2.